The molecule has 0 aliphatic carbocycles. The lowest BCUT2D eigenvalue weighted by atomic mass is 9.90. The lowest BCUT2D eigenvalue weighted by Crippen LogP contribution is -2.01. The third-order valence-corrected chi connectivity index (χ3v) is 4.40. The molecule has 0 amide bonds. The van der Waals surface area contributed by atoms with Gasteiger partial charge in [-0.1, -0.05) is 117 Å². The molecule has 0 heterocycles. The van der Waals surface area contributed by atoms with Crippen LogP contribution in [0.4, 0.5) is 0 Å². The zero-order valence-electron chi connectivity index (χ0n) is 14.2. The van der Waals surface area contributed by atoms with Crippen LogP contribution in [-0.2, 0) is 0 Å². The Morgan fingerprint density at radius 1 is 0.421 bits per heavy atom. The summed E-state index contributed by atoms with van der Waals surface area (Å²) in [6.07, 6.45) is 21.8. The maximum Gasteiger partial charge on any atom is -0.0414 e. The van der Waals surface area contributed by atoms with Gasteiger partial charge in [0.05, 0.1) is 0 Å². The van der Waals surface area contributed by atoms with E-state index < -0.39 is 0 Å². The summed E-state index contributed by atoms with van der Waals surface area (Å²) in [5.41, 5.74) is 0. The molecule has 19 heavy (non-hydrogen) atoms. The molecule has 0 spiro atoms. The first kappa shape index (κ1) is 19.0. The second-order valence-electron chi connectivity index (χ2n) is 6.41. The number of unbranched alkanes of at least 4 members (excludes halogenated alkanes) is 9. The van der Waals surface area contributed by atoms with E-state index in [1.165, 1.54) is 96.3 Å². The predicted molar refractivity (Wildman–Crippen MR) is 89.8 cm³/mol. The van der Waals surface area contributed by atoms with Crippen molar-refractivity contribution < 1.29 is 0 Å². The van der Waals surface area contributed by atoms with Crippen LogP contribution in [0.5, 0.6) is 0 Å². The summed E-state index contributed by atoms with van der Waals surface area (Å²) in [7, 11) is 0. The van der Waals surface area contributed by atoms with Crippen molar-refractivity contribution in [3.8, 4) is 0 Å². The van der Waals surface area contributed by atoms with Crippen LogP contribution in [0.25, 0.3) is 0 Å². The molecule has 0 heteroatoms. The lowest BCUT2D eigenvalue weighted by Gasteiger charge is -2.16. The van der Waals surface area contributed by atoms with E-state index in [1.54, 1.807) is 0 Å². The number of hydrogen-bond acceptors (Lipinski definition) is 0. The molecule has 1 atom stereocenters. The van der Waals surface area contributed by atoms with Gasteiger partial charge in [0.25, 0.3) is 0 Å². The average molecular weight is 269 g/mol. The molecule has 0 aliphatic rings. The van der Waals surface area contributed by atoms with E-state index in [1.807, 2.05) is 0 Å². The Bertz CT molecular complexity index is 150. The topological polar surface area (TPSA) is 0 Å². The van der Waals surface area contributed by atoms with Crippen molar-refractivity contribution >= 4 is 0 Å². The molecule has 0 aliphatic heterocycles. The van der Waals surface area contributed by atoms with Crippen molar-refractivity contribution in [2.75, 3.05) is 0 Å². The van der Waals surface area contributed by atoms with E-state index in [-0.39, 0.29) is 0 Å². The third-order valence-electron chi connectivity index (χ3n) is 4.40. The molecule has 0 fully saturated rings. The van der Waals surface area contributed by atoms with Gasteiger partial charge in [-0.3, -0.25) is 0 Å². The summed E-state index contributed by atoms with van der Waals surface area (Å²) in [4.78, 5) is 0. The molecular formula is C19H40. The van der Waals surface area contributed by atoms with Crippen molar-refractivity contribution in [3.63, 3.8) is 0 Å². The maximum atomic E-state index is 2.33. The van der Waals surface area contributed by atoms with Crippen molar-refractivity contribution in [1.82, 2.24) is 0 Å². The summed E-state index contributed by atoms with van der Waals surface area (Å²) < 4.78 is 0. The molecule has 0 rings (SSSR count). The van der Waals surface area contributed by atoms with Crippen molar-refractivity contribution in [3.05, 3.63) is 0 Å². The SMILES string of the molecule is CCCCCCCCCC(CCCC)CCCCC. The molecule has 0 radical (unpaired) electrons. The molecule has 0 aromatic carbocycles. The fourth-order valence-corrected chi connectivity index (χ4v) is 3.00. The maximum absolute atomic E-state index is 2.33. The van der Waals surface area contributed by atoms with Crippen LogP contribution in [0.3, 0.4) is 0 Å². The first-order valence-corrected chi connectivity index (χ1v) is 9.35. The van der Waals surface area contributed by atoms with Gasteiger partial charge in [0.15, 0.2) is 0 Å². The smallest absolute Gasteiger partial charge is 0.0414 e. The number of rotatable bonds is 15. The Labute approximate surface area is 123 Å². The van der Waals surface area contributed by atoms with E-state index in [0.717, 1.165) is 5.92 Å². The molecule has 0 aromatic rings. The molecular weight excluding hydrogens is 228 g/mol. The standard InChI is InChI=1S/C19H40/c1-4-7-10-11-12-13-15-18-19(16-9-6-3)17-14-8-5-2/h19H,4-18H2,1-3H3. The summed E-state index contributed by atoms with van der Waals surface area (Å²) >= 11 is 0. The van der Waals surface area contributed by atoms with Gasteiger partial charge in [-0.05, 0) is 5.92 Å². The lowest BCUT2D eigenvalue weighted by molar-refractivity contribution is 0.373. The van der Waals surface area contributed by atoms with Gasteiger partial charge in [0.2, 0.25) is 0 Å². The Balaban J connectivity index is 3.49. The molecule has 0 aromatic heterocycles. The monoisotopic (exact) mass is 268 g/mol. The van der Waals surface area contributed by atoms with Crippen LogP contribution < -0.4 is 0 Å². The average Bonchev–Trinajstić information content (AvgIpc) is 2.43. The molecule has 0 nitrogen and oxygen atoms in total. The summed E-state index contributed by atoms with van der Waals surface area (Å²) in [5.74, 6) is 1.04. The van der Waals surface area contributed by atoms with Crippen molar-refractivity contribution in [2.45, 2.75) is 117 Å². The van der Waals surface area contributed by atoms with Crippen LogP contribution >= 0.6 is 0 Å². The highest BCUT2D eigenvalue weighted by Gasteiger charge is 2.07. The fourth-order valence-electron chi connectivity index (χ4n) is 3.00. The van der Waals surface area contributed by atoms with Gasteiger partial charge in [0.1, 0.15) is 0 Å². The van der Waals surface area contributed by atoms with Gasteiger partial charge < -0.3 is 0 Å². The Kier molecular flexibility index (Phi) is 16.1. The molecule has 0 N–H and O–H groups in total. The van der Waals surface area contributed by atoms with Crippen LogP contribution in [0, 0.1) is 5.92 Å². The highest BCUT2D eigenvalue weighted by molar-refractivity contribution is 4.61. The quantitative estimate of drug-likeness (QED) is 0.269. The van der Waals surface area contributed by atoms with Crippen LogP contribution in [-0.4, -0.2) is 0 Å². The molecule has 1 unspecified atom stereocenters. The largest absolute Gasteiger partial charge is 0.0654 e. The Morgan fingerprint density at radius 3 is 1.37 bits per heavy atom. The van der Waals surface area contributed by atoms with E-state index in [0.29, 0.717) is 0 Å². The van der Waals surface area contributed by atoms with Crippen LogP contribution in [0.2, 0.25) is 0 Å². The predicted octanol–water partition coefficient (Wildman–Crippen LogP) is 7.51. The van der Waals surface area contributed by atoms with Gasteiger partial charge in [-0.2, -0.15) is 0 Å². The second kappa shape index (κ2) is 16.1. The minimum atomic E-state index is 1.04. The minimum Gasteiger partial charge on any atom is -0.0654 e. The fraction of sp³-hybridized carbons (Fsp3) is 1.00. The van der Waals surface area contributed by atoms with E-state index in [9.17, 15) is 0 Å². The van der Waals surface area contributed by atoms with E-state index >= 15 is 0 Å². The Hall–Kier alpha value is 0. The first-order valence-electron chi connectivity index (χ1n) is 9.35. The van der Waals surface area contributed by atoms with Gasteiger partial charge in [0, 0.05) is 0 Å². The molecule has 0 saturated heterocycles. The number of hydrogen-bond donors (Lipinski definition) is 0. The zero-order valence-corrected chi connectivity index (χ0v) is 14.2. The second-order valence-corrected chi connectivity index (χ2v) is 6.41. The summed E-state index contributed by atoms with van der Waals surface area (Å²) in [6.45, 7) is 6.95. The summed E-state index contributed by atoms with van der Waals surface area (Å²) in [6, 6.07) is 0. The van der Waals surface area contributed by atoms with Crippen LogP contribution in [0.15, 0.2) is 0 Å². The zero-order chi connectivity index (χ0) is 14.2. The molecule has 0 bridgehead atoms. The molecule has 116 valence electrons. The Morgan fingerprint density at radius 2 is 0.789 bits per heavy atom. The van der Waals surface area contributed by atoms with E-state index in [4.69, 9.17) is 0 Å². The van der Waals surface area contributed by atoms with Gasteiger partial charge in [-0.25, -0.2) is 0 Å². The normalized spacial score (nSPS) is 12.8. The third kappa shape index (κ3) is 14.2. The highest BCUT2D eigenvalue weighted by Crippen LogP contribution is 2.23. The van der Waals surface area contributed by atoms with Crippen molar-refractivity contribution in [1.29, 1.82) is 0 Å². The van der Waals surface area contributed by atoms with E-state index in [2.05, 4.69) is 20.8 Å². The van der Waals surface area contributed by atoms with Gasteiger partial charge in [-0.15, -0.1) is 0 Å². The van der Waals surface area contributed by atoms with Crippen LogP contribution in [0.1, 0.15) is 117 Å². The molecule has 0 saturated carbocycles. The minimum absolute atomic E-state index is 1.04. The first-order chi connectivity index (χ1) is 9.35. The highest BCUT2D eigenvalue weighted by atomic mass is 14.1. The summed E-state index contributed by atoms with van der Waals surface area (Å²) in [5, 5.41) is 0. The van der Waals surface area contributed by atoms with Crippen molar-refractivity contribution in [2.24, 2.45) is 5.92 Å². The van der Waals surface area contributed by atoms with Gasteiger partial charge >= 0.3 is 0 Å².